The first-order chi connectivity index (χ1) is 11.7. The number of nitrogens with zero attached hydrogens (tertiary/aromatic N) is 1. The highest BCUT2D eigenvalue weighted by Gasteiger charge is 2.13. The average Bonchev–Trinajstić information content (AvgIpc) is 2.62. The summed E-state index contributed by atoms with van der Waals surface area (Å²) in [5.74, 6) is 2.69. The van der Waals surface area contributed by atoms with Gasteiger partial charge in [-0.05, 0) is 24.1 Å². The highest BCUT2D eigenvalue weighted by molar-refractivity contribution is 5.79. The Bertz CT molecular complexity index is 493. The number of guanidine groups is 1. The fraction of sp³-hybridized carbons (Fsp3) is 0.611. The van der Waals surface area contributed by atoms with Crippen molar-refractivity contribution in [3.05, 3.63) is 17.7 Å². The van der Waals surface area contributed by atoms with Crippen LogP contribution < -0.4 is 24.8 Å². The van der Waals surface area contributed by atoms with Gasteiger partial charge in [0.1, 0.15) is 0 Å². The van der Waals surface area contributed by atoms with Gasteiger partial charge in [0, 0.05) is 20.1 Å². The molecule has 0 aliphatic rings. The lowest BCUT2D eigenvalue weighted by Crippen LogP contribution is -2.37. The number of aliphatic imine (C=N–C) groups is 1. The lowest BCUT2D eigenvalue weighted by Gasteiger charge is -2.16. The van der Waals surface area contributed by atoms with Gasteiger partial charge >= 0.3 is 0 Å². The molecule has 6 nitrogen and oxygen atoms in total. The molecule has 0 radical (unpaired) electrons. The van der Waals surface area contributed by atoms with E-state index in [-0.39, 0.29) is 0 Å². The molecule has 0 aromatic heterocycles. The molecule has 24 heavy (non-hydrogen) atoms. The lowest BCUT2D eigenvalue weighted by molar-refractivity contribution is 0.323. The number of nitrogens with one attached hydrogen (secondary N) is 2. The number of ether oxygens (including phenoxy) is 3. The fourth-order valence-corrected chi connectivity index (χ4v) is 2.40. The molecule has 1 rings (SSSR count). The third-order valence-corrected chi connectivity index (χ3v) is 3.73. The molecule has 0 amide bonds. The molecule has 136 valence electrons. The van der Waals surface area contributed by atoms with Crippen molar-refractivity contribution in [2.24, 2.45) is 4.99 Å². The summed E-state index contributed by atoms with van der Waals surface area (Å²) in [4.78, 5) is 4.25. The number of methoxy groups -OCH3 is 3. The molecule has 0 saturated heterocycles. The van der Waals surface area contributed by atoms with Crippen molar-refractivity contribution in [3.8, 4) is 17.2 Å². The van der Waals surface area contributed by atoms with Crippen molar-refractivity contribution in [3.63, 3.8) is 0 Å². The molecular formula is C18H31N3O3. The van der Waals surface area contributed by atoms with Gasteiger partial charge in [-0.15, -0.1) is 0 Å². The van der Waals surface area contributed by atoms with Gasteiger partial charge in [0.05, 0.1) is 21.3 Å². The molecule has 0 fully saturated rings. The summed E-state index contributed by atoms with van der Waals surface area (Å²) in [5, 5.41) is 6.63. The number of unbranched alkanes of at least 4 members (excludes halogenated alkanes) is 3. The second kappa shape index (κ2) is 11.4. The van der Waals surface area contributed by atoms with Gasteiger partial charge in [0.25, 0.3) is 0 Å². The first kappa shape index (κ1) is 19.9. The van der Waals surface area contributed by atoms with Crippen LogP contribution in [0.3, 0.4) is 0 Å². The number of hydrogen-bond donors (Lipinski definition) is 2. The second-order valence-corrected chi connectivity index (χ2v) is 5.45. The van der Waals surface area contributed by atoms with E-state index < -0.39 is 0 Å². The van der Waals surface area contributed by atoms with Crippen LogP contribution >= 0.6 is 0 Å². The normalized spacial score (nSPS) is 11.1. The molecule has 1 aromatic carbocycles. The Morgan fingerprint density at radius 3 is 2.12 bits per heavy atom. The Balaban J connectivity index is 2.61. The van der Waals surface area contributed by atoms with Gasteiger partial charge in [-0.3, -0.25) is 4.99 Å². The molecule has 2 N–H and O–H groups in total. The third kappa shape index (κ3) is 6.18. The second-order valence-electron chi connectivity index (χ2n) is 5.45. The third-order valence-electron chi connectivity index (χ3n) is 3.73. The monoisotopic (exact) mass is 337 g/mol. The van der Waals surface area contributed by atoms with Crippen LogP contribution in [0.15, 0.2) is 17.1 Å². The minimum absolute atomic E-state index is 0.599. The van der Waals surface area contributed by atoms with Gasteiger partial charge in [-0.1, -0.05) is 26.2 Å². The fourth-order valence-electron chi connectivity index (χ4n) is 2.40. The summed E-state index contributed by atoms with van der Waals surface area (Å²) in [6.07, 6.45) is 4.92. The van der Waals surface area contributed by atoms with Gasteiger partial charge in [-0.2, -0.15) is 0 Å². The van der Waals surface area contributed by atoms with E-state index in [1.807, 2.05) is 12.1 Å². The Morgan fingerprint density at radius 2 is 1.62 bits per heavy atom. The Morgan fingerprint density at radius 1 is 0.958 bits per heavy atom. The predicted molar refractivity (Wildman–Crippen MR) is 98.4 cm³/mol. The van der Waals surface area contributed by atoms with Crippen LogP contribution in [0.5, 0.6) is 17.2 Å². The van der Waals surface area contributed by atoms with E-state index >= 15 is 0 Å². The predicted octanol–water partition coefficient (Wildman–Crippen LogP) is 2.96. The minimum Gasteiger partial charge on any atom is -0.493 e. The smallest absolute Gasteiger partial charge is 0.203 e. The van der Waals surface area contributed by atoms with E-state index in [4.69, 9.17) is 14.2 Å². The van der Waals surface area contributed by atoms with Gasteiger partial charge < -0.3 is 24.8 Å². The zero-order valence-corrected chi connectivity index (χ0v) is 15.6. The molecule has 0 spiro atoms. The minimum atomic E-state index is 0.599. The van der Waals surface area contributed by atoms with E-state index in [9.17, 15) is 0 Å². The lowest BCUT2D eigenvalue weighted by atomic mass is 10.2. The first-order valence-electron chi connectivity index (χ1n) is 8.43. The summed E-state index contributed by atoms with van der Waals surface area (Å²) in [6.45, 7) is 3.76. The average molecular weight is 337 g/mol. The quantitative estimate of drug-likeness (QED) is 0.390. The van der Waals surface area contributed by atoms with Crippen molar-refractivity contribution >= 4 is 5.96 Å². The van der Waals surface area contributed by atoms with Crippen LogP contribution in [0.4, 0.5) is 0 Å². The summed E-state index contributed by atoms with van der Waals surface area (Å²) >= 11 is 0. The first-order valence-corrected chi connectivity index (χ1v) is 8.43. The molecular weight excluding hydrogens is 306 g/mol. The maximum Gasteiger partial charge on any atom is 0.203 e. The summed E-state index contributed by atoms with van der Waals surface area (Å²) in [6, 6.07) is 3.87. The molecule has 0 atom stereocenters. The van der Waals surface area contributed by atoms with E-state index in [0.29, 0.717) is 23.8 Å². The molecule has 0 heterocycles. The van der Waals surface area contributed by atoms with E-state index in [1.165, 1.54) is 19.3 Å². The van der Waals surface area contributed by atoms with Crippen molar-refractivity contribution in [1.82, 2.24) is 10.6 Å². The largest absolute Gasteiger partial charge is 0.493 e. The zero-order valence-electron chi connectivity index (χ0n) is 15.6. The molecule has 0 aliphatic carbocycles. The molecule has 0 unspecified atom stereocenters. The maximum absolute atomic E-state index is 5.38. The van der Waals surface area contributed by atoms with Gasteiger partial charge in [0.15, 0.2) is 17.5 Å². The van der Waals surface area contributed by atoms with E-state index in [1.54, 1.807) is 28.4 Å². The topological polar surface area (TPSA) is 64.1 Å². The molecule has 1 aromatic rings. The van der Waals surface area contributed by atoms with Crippen molar-refractivity contribution in [2.75, 3.05) is 34.9 Å². The van der Waals surface area contributed by atoms with Crippen molar-refractivity contribution in [1.29, 1.82) is 0 Å². The van der Waals surface area contributed by atoms with Crippen LogP contribution in [-0.2, 0) is 6.54 Å². The zero-order chi connectivity index (χ0) is 17.8. The molecule has 0 saturated carbocycles. The summed E-state index contributed by atoms with van der Waals surface area (Å²) in [5.41, 5.74) is 1.03. The standard InChI is InChI=1S/C18H31N3O3/c1-6-7-8-9-10-20-18(19-2)21-13-14-11-15(22-3)17(24-5)16(12-14)23-4/h11-12H,6-10,13H2,1-5H3,(H2,19,20,21). The molecule has 6 heteroatoms. The van der Waals surface area contributed by atoms with Gasteiger partial charge in [0.2, 0.25) is 5.75 Å². The SMILES string of the molecule is CCCCCCNC(=NC)NCc1cc(OC)c(OC)c(OC)c1. The Labute approximate surface area is 145 Å². The van der Waals surface area contributed by atoms with E-state index in [0.717, 1.165) is 24.5 Å². The van der Waals surface area contributed by atoms with Crippen molar-refractivity contribution < 1.29 is 14.2 Å². The van der Waals surface area contributed by atoms with Crippen LogP contribution in [0.1, 0.15) is 38.2 Å². The number of rotatable bonds is 10. The van der Waals surface area contributed by atoms with Crippen LogP contribution in [0.2, 0.25) is 0 Å². The van der Waals surface area contributed by atoms with Crippen molar-refractivity contribution in [2.45, 2.75) is 39.2 Å². The van der Waals surface area contributed by atoms with Crippen LogP contribution in [0, 0.1) is 0 Å². The Kier molecular flexibility index (Phi) is 9.49. The molecule has 0 aliphatic heterocycles. The highest BCUT2D eigenvalue weighted by Crippen LogP contribution is 2.38. The van der Waals surface area contributed by atoms with Crippen LogP contribution in [0.25, 0.3) is 0 Å². The van der Waals surface area contributed by atoms with E-state index in [2.05, 4.69) is 22.5 Å². The number of hydrogen-bond acceptors (Lipinski definition) is 4. The molecule has 0 bridgehead atoms. The Hall–Kier alpha value is -2.11. The maximum atomic E-state index is 5.38. The van der Waals surface area contributed by atoms with Crippen LogP contribution in [-0.4, -0.2) is 40.9 Å². The summed E-state index contributed by atoms with van der Waals surface area (Å²) in [7, 11) is 6.61. The highest BCUT2D eigenvalue weighted by atomic mass is 16.5. The number of benzene rings is 1. The van der Waals surface area contributed by atoms with Gasteiger partial charge in [-0.25, -0.2) is 0 Å². The summed E-state index contributed by atoms with van der Waals surface area (Å²) < 4.78 is 16.1.